The second-order valence-electron chi connectivity index (χ2n) is 5.02. The zero-order valence-electron chi connectivity index (χ0n) is 13.5. The highest BCUT2D eigenvalue weighted by molar-refractivity contribution is 6.31. The number of amides is 1. The Balaban J connectivity index is 1.82. The Hall–Kier alpha value is -2.40. The van der Waals surface area contributed by atoms with Gasteiger partial charge in [0.05, 0.1) is 12.2 Å². The van der Waals surface area contributed by atoms with Crippen molar-refractivity contribution in [3.05, 3.63) is 53.1 Å². The zero-order valence-corrected chi connectivity index (χ0v) is 14.2. The molecular weight excluding hydrogens is 330 g/mol. The number of ether oxygens (including phenoxy) is 3. The first-order valence-electron chi connectivity index (χ1n) is 7.68. The van der Waals surface area contributed by atoms with Crippen molar-refractivity contribution in [3.8, 4) is 17.2 Å². The number of carbonyl (C=O) groups excluding carboxylic acids is 1. The van der Waals surface area contributed by atoms with Crippen molar-refractivity contribution in [1.82, 2.24) is 0 Å². The molecule has 0 spiro atoms. The quantitative estimate of drug-likeness (QED) is 0.701. The van der Waals surface area contributed by atoms with Crippen molar-refractivity contribution in [2.45, 2.75) is 13.3 Å². The van der Waals surface area contributed by atoms with Gasteiger partial charge in [-0.1, -0.05) is 18.5 Å². The number of rotatable bonds is 9. The number of benzene rings is 2. The minimum absolute atomic E-state index is 0.250. The third-order valence-corrected chi connectivity index (χ3v) is 3.35. The van der Waals surface area contributed by atoms with Crippen molar-refractivity contribution in [2.24, 2.45) is 5.73 Å². The SMILES string of the molecule is CCCOc1ccc(OCCOc2ccc(Cl)cc2C(N)=O)cc1. The van der Waals surface area contributed by atoms with Crippen molar-refractivity contribution in [3.63, 3.8) is 0 Å². The number of halogens is 1. The van der Waals surface area contributed by atoms with Gasteiger partial charge < -0.3 is 19.9 Å². The number of hydrogen-bond acceptors (Lipinski definition) is 4. The fraction of sp³-hybridized carbons (Fsp3) is 0.278. The maximum absolute atomic E-state index is 11.4. The van der Waals surface area contributed by atoms with Gasteiger partial charge in [0.15, 0.2) is 0 Å². The van der Waals surface area contributed by atoms with Crippen LogP contribution in [0.4, 0.5) is 0 Å². The molecule has 2 aromatic rings. The molecule has 0 saturated carbocycles. The molecule has 2 rings (SSSR count). The van der Waals surface area contributed by atoms with Crippen molar-refractivity contribution >= 4 is 17.5 Å². The lowest BCUT2D eigenvalue weighted by Gasteiger charge is -2.11. The van der Waals surface area contributed by atoms with Crippen molar-refractivity contribution < 1.29 is 19.0 Å². The Morgan fingerprint density at radius 1 is 0.958 bits per heavy atom. The van der Waals surface area contributed by atoms with Gasteiger partial charge in [-0.3, -0.25) is 4.79 Å². The molecule has 5 nitrogen and oxygen atoms in total. The van der Waals surface area contributed by atoms with E-state index < -0.39 is 5.91 Å². The lowest BCUT2D eigenvalue weighted by Crippen LogP contribution is -2.15. The molecule has 2 aromatic carbocycles. The molecule has 2 N–H and O–H groups in total. The van der Waals surface area contributed by atoms with Gasteiger partial charge in [-0.2, -0.15) is 0 Å². The molecule has 0 aromatic heterocycles. The van der Waals surface area contributed by atoms with Gasteiger partial charge in [0.25, 0.3) is 5.91 Å². The molecule has 0 bridgehead atoms. The number of primary amides is 1. The fourth-order valence-corrected chi connectivity index (χ4v) is 2.16. The Kier molecular flexibility index (Phi) is 6.75. The molecule has 128 valence electrons. The van der Waals surface area contributed by atoms with E-state index in [0.717, 1.165) is 12.2 Å². The van der Waals surface area contributed by atoms with Crippen LogP contribution in [0.3, 0.4) is 0 Å². The summed E-state index contributed by atoms with van der Waals surface area (Å²) in [5.41, 5.74) is 5.56. The van der Waals surface area contributed by atoms with Gasteiger partial charge in [-0.05, 0) is 48.9 Å². The summed E-state index contributed by atoms with van der Waals surface area (Å²) in [6.45, 7) is 3.35. The average Bonchev–Trinajstić information content (AvgIpc) is 2.58. The molecule has 0 heterocycles. The van der Waals surface area contributed by atoms with Crippen LogP contribution in [0.1, 0.15) is 23.7 Å². The zero-order chi connectivity index (χ0) is 17.4. The van der Waals surface area contributed by atoms with Crippen LogP contribution in [0.15, 0.2) is 42.5 Å². The van der Waals surface area contributed by atoms with Crippen LogP contribution in [0.25, 0.3) is 0 Å². The topological polar surface area (TPSA) is 70.8 Å². The summed E-state index contributed by atoms with van der Waals surface area (Å²) in [7, 11) is 0. The molecule has 0 aliphatic rings. The maximum atomic E-state index is 11.4. The minimum atomic E-state index is -0.587. The maximum Gasteiger partial charge on any atom is 0.252 e. The van der Waals surface area contributed by atoms with E-state index in [2.05, 4.69) is 6.92 Å². The third-order valence-electron chi connectivity index (χ3n) is 3.11. The van der Waals surface area contributed by atoms with Gasteiger partial charge in [0.1, 0.15) is 30.5 Å². The fourth-order valence-electron chi connectivity index (χ4n) is 1.98. The third kappa shape index (κ3) is 5.35. The predicted octanol–water partition coefficient (Wildman–Crippen LogP) is 3.69. The molecule has 0 unspecified atom stereocenters. The van der Waals surface area contributed by atoms with Crippen LogP contribution in [-0.2, 0) is 0 Å². The molecule has 0 fully saturated rings. The van der Waals surface area contributed by atoms with E-state index in [0.29, 0.717) is 29.7 Å². The normalized spacial score (nSPS) is 10.2. The van der Waals surface area contributed by atoms with E-state index in [-0.39, 0.29) is 12.2 Å². The first kappa shape index (κ1) is 17.9. The highest BCUT2D eigenvalue weighted by Gasteiger charge is 2.10. The summed E-state index contributed by atoms with van der Waals surface area (Å²) in [6, 6.07) is 12.1. The summed E-state index contributed by atoms with van der Waals surface area (Å²) >= 11 is 5.85. The number of hydrogen-bond donors (Lipinski definition) is 1. The van der Waals surface area contributed by atoms with E-state index in [4.69, 9.17) is 31.5 Å². The van der Waals surface area contributed by atoms with Crippen LogP contribution < -0.4 is 19.9 Å². The van der Waals surface area contributed by atoms with E-state index in [1.807, 2.05) is 24.3 Å². The molecular formula is C18H20ClNO4. The standard InChI is InChI=1S/C18H20ClNO4/c1-2-9-22-14-4-6-15(7-5-14)23-10-11-24-17-8-3-13(19)12-16(17)18(20)21/h3-8,12H,2,9-11H2,1H3,(H2,20,21). The van der Waals surface area contributed by atoms with Crippen LogP contribution in [-0.4, -0.2) is 25.7 Å². The van der Waals surface area contributed by atoms with Crippen molar-refractivity contribution in [2.75, 3.05) is 19.8 Å². The lowest BCUT2D eigenvalue weighted by atomic mass is 10.2. The Morgan fingerprint density at radius 2 is 1.54 bits per heavy atom. The lowest BCUT2D eigenvalue weighted by molar-refractivity contribution is 0.0995. The smallest absolute Gasteiger partial charge is 0.252 e. The molecule has 0 radical (unpaired) electrons. The summed E-state index contributed by atoms with van der Waals surface area (Å²) in [5, 5.41) is 0.429. The van der Waals surface area contributed by atoms with E-state index in [9.17, 15) is 4.79 Å². The van der Waals surface area contributed by atoms with Gasteiger partial charge in [-0.25, -0.2) is 0 Å². The van der Waals surface area contributed by atoms with Gasteiger partial charge in [0, 0.05) is 5.02 Å². The monoisotopic (exact) mass is 349 g/mol. The highest BCUT2D eigenvalue weighted by atomic mass is 35.5. The predicted molar refractivity (Wildman–Crippen MR) is 93.2 cm³/mol. The first-order chi connectivity index (χ1) is 11.6. The molecule has 0 aliphatic heterocycles. The molecule has 1 amide bonds. The van der Waals surface area contributed by atoms with Gasteiger partial charge in [-0.15, -0.1) is 0 Å². The summed E-state index contributed by atoms with van der Waals surface area (Å²) in [5.74, 6) is 1.33. The minimum Gasteiger partial charge on any atom is -0.494 e. The number of carbonyl (C=O) groups is 1. The molecule has 0 atom stereocenters. The summed E-state index contributed by atoms with van der Waals surface area (Å²) in [4.78, 5) is 11.4. The van der Waals surface area contributed by atoms with Crippen LogP contribution in [0.5, 0.6) is 17.2 Å². The summed E-state index contributed by atoms with van der Waals surface area (Å²) in [6.07, 6.45) is 0.966. The van der Waals surface area contributed by atoms with E-state index >= 15 is 0 Å². The van der Waals surface area contributed by atoms with Gasteiger partial charge >= 0.3 is 0 Å². The molecule has 0 aliphatic carbocycles. The van der Waals surface area contributed by atoms with Crippen LogP contribution in [0.2, 0.25) is 5.02 Å². The molecule has 24 heavy (non-hydrogen) atoms. The Morgan fingerprint density at radius 3 is 2.12 bits per heavy atom. The van der Waals surface area contributed by atoms with Crippen molar-refractivity contribution in [1.29, 1.82) is 0 Å². The van der Waals surface area contributed by atoms with Crippen LogP contribution >= 0.6 is 11.6 Å². The van der Waals surface area contributed by atoms with Crippen LogP contribution in [0, 0.1) is 0 Å². The van der Waals surface area contributed by atoms with Gasteiger partial charge in [0.2, 0.25) is 0 Å². The first-order valence-corrected chi connectivity index (χ1v) is 8.05. The summed E-state index contributed by atoms with van der Waals surface area (Å²) < 4.78 is 16.6. The molecule has 6 heteroatoms. The largest absolute Gasteiger partial charge is 0.494 e. The second kappa shape index (κ2) is 9.03. The molecule has 0 saturated heterocycles. The second-order valence-corrected chi connectivity index (χ2v) is 5.46. The Bertz CT molecular complexity index is 673. The van der Waals surface area contributed by atoms with E-state index in [1.54, 1.807) is 12.1 Å². The highest BCUT2D eigenvalue weighted by Crippen LogP contribution is 2.22. The Labute approximate surface area is 146 Å². The average molecular weight is 350 g/mol. The van der Waals surface area contributed by atoms with E-state index in [1.165, 1.54) is 6.07 Å². The number of nitrogens with two attached hydrogens (primary N) is 1.